The van der Waals surface area contributed by atoms with Crippen LogP contribution in [0.1, 0.15) is 59.5 Å². The van der Waals surface area contributed by atoms with Crippen LogP contribution in [-0.4, -0.2) is 75.6 Å². The number of amides is 2. The zero-order chi connectivity index (χ0) is 24.2. The molecule has 0 bridgehead atoms. The van der Waals surface area contributed by atoms with Gasteiger partial charge in [-0.25, -0.2) is 4.98 Å². The Kier molecular flexibility index (Phi) is 7.26. The molecule has 0 saturated heterocycles. The van der Waals surface area contributed by atoms with Gasteiger partial charge >= 0.3 is 0 Å². The van der Waals surface area contributed by atoms with Crippen molar-refractivity contribution >= 4 is 17.4 Å². The summed E-state index contributed by atoms with van der Waals surface area (Å²) >= 11 is 0. The van der Waals surface area contributed by atoms with E-state index in [0.717, 1.165) is 24.8 Å². The molecule has 2 amide bonds. The second-order valence-corrected chi connectivity index (χ2v) is 9.22. The van der Waals surface area contributed by atoms with Gasteiger partial charge in [0.05, 0.1) is 19.2 Å². The maximum absolute atomic E-state index is 13.5. The first kappa shape index (κ1) is 23.9. The number of rotatable bonds is 6. The van der Waals surface area contributed by atoms with Gasteiger partial charge in [-0.2, -0.15) is 0 Å². The molecule has 4 rings (SSSR count). The van der Waals surface area contributed by atoms with Gasteiger partial charge in [0.25, 0.3) is 11.8 Å². The molecule has 0 unspecified atom stereocenters. The molecule has 8 heteroatoms. The standard InChI is InChI=1S/C26H32N4O4/c1-17-14-30(18(2)16-31)25(32)21-12-20(19-8-4-5-9-19)13-28-24(21)34-23(17)15-29(3)26(33)22-10-6-7-11-27-22/h6-8,10-13,17-18,23,31H,4-5,9,14-16H2,1-3H3/t17-,18-,23+/m0/s1. The van der Waals surface area contributed by atoms with Gasteiger partial charge in [-0.05, 0) is 55.5 Å². The first-order valence-corrected chi connectivity index (χ1v) is 11.8. The number of aliphatic hydroxyl groups is 1. The van der Waals surface area contributed by atoms with Crippen LogP contribution in [0.15, 0.2) is 42.7 Å². The van der Waals surface area contributed by atoms with Crippen LogP contribution in [0.4, 0.5) is 0 Å². The van der Waals surface area contributed by atoms with Crippen LogP contribution < -0.4 is 4.74 Å². The lowest BCUT2D eigenvalue weighted by molar-refractivity contribution is 0.0312. The van der Waals surface area contributed by atoms with Crippen molar-refractivity contribution in [1.82, 2.24) is 19.8 Å². The van der Waals surface area contributed by atoms with Gasteiger partial charge in [0, 0.05) is 31.9 Å². The van der Waals surface area contributed by atoms with Crippen LogP contribution in [0.25, 0.3) is 5.57 Å². The second kappa shape index (κ2) is 10.3. The number of aliphatic hydroxyl groups excluding tert-OH is 1. The van der Waals surface area contributed by atoms with E-state index in [0.29, 0.717) is 24.3 Å². The van der Waals surface area contributed by atoms with E-state index in [1.165, 1.54) is 5.57 Å². The maximum Gasteiger partial charge on any atom is 0.272 e. The van der Waals surface area contributed by atoms with Gasteiger partial charge < -0.3 is 19.6 Å². The fourth-order valence-electron chi connectivity index (χ4n) is 4.47. The smallest absolute Gasteiger partial charge is 0.272 e. The molecule has 0 spiro atoms. The molecule has 1 aliphatic heterocycles. The first-order valence-electron chi connectivity index (χ1n) is 11.8. The molecule has 8 nitrogen and oxygen atoms in total. The number of carbonyl (C=O) groups excluding carboxylic acids is 2. The maximum atomic E-state index is 13.5. The molecule has 3 atom stereocenters. The highest BCUT2D eigenvalue weighted by Crippen LogP contribution is 2.32. The Labute approximate surface area is 200 Å². The average Bonchev–Trinajstić information content (AvgIpc) is 3.40. The number of carbonyl (C=O) groups is 2. The quantitative estimate of drug-likeness (QED) is 0.706. The number of fused-ring (bicyclic) bond motifs is 1. The molecule has 0 radical (unpaired) electrons. The lowest BCUT2D eigenvalue weighted by Gasteiger charge is -2.37. The van der Waals surface area contributed by atoms with Gasteiger partial charge in [-0.15, -0.1) is 0 Å². The fraction of sp³-hybridized carbons (Fsp3) is 0.462. The summed E-state index contributed by atoms with van der Waals surface area (Å²) in [6, 6.07) is 6.72. The highest BCUT2D eigenvalue weighted by Gasteiger charge is 2.35. The summed E-state index contributed by atoms with van der Waals surface area (Å²) in [7, 11) is 1.72. The fourth-order valence-corrected chi connectivity index (χ4v) is 4.47. The SMILES string of the molecule is C[C@H]1CN([C@@H](C)CO)C(=O)c2cc(C3=CCCC3)cnc2O[C@@H]1CN(C)C(=O)c1ccccn1. The van der Waals surface area contributed by atoms with Crippen LogP contribution in [0, 0.1) is 5.92 Å². The Bertz CT molecular complexity index is 1070. The first-order chi connectivity index (χ1) is 16.4. The lowest BCUT2D eigenvalue weighted by Crippen LogP contribution is -2.50. The largest absolute Gasteiger partial charge is 0.472 e. The molecule has 2 aromatic rings. The number of aromatic nitrogens is 2. The van der Waals surface area contributed by atoms with E-state index < -0.39 is 6.10 Å². The van der Waals surface area contributed by atoms with Gasteiger partial charge in [-0.3, -0.25) is 14.6 Å². The highest BCUT2D eigenvalue weighted by atomic mass is 16.5. The van der Waals surface area contributed by atoms with Crippen molar-refractivity contribution in [2.24, 2.45) is 5.92 Å². The van der Waals surface area contributed by atoms with Crippen molar-refractivity contribution in [2.75, 3.05) is 26.7 Å². The molecular formula is C26H32N4O4. The van der Waals surface area contributed by atoms with Crippen molar-refractivity contribution in [2.45, 2.75) is 45.3 Å². The molecule has 180 valence electrons. The van der Waals surface area contributed by atoms with E-state index in [1.54, 1.807) is 47.4 Å². The molecule has 1 aliphatic carbocycles. The Balaban J connectivity index is 1.65. The lowest BCUT2D eigenvalue weighted by atomic mass is 9.99. The Hall–Kier alpha value is -3.26. The Morgan fingerprint density at radius 1 is 1.35 bits per heavy atom. The number of hydrogen-bond acceptors (Lipinski definition) is 6. The van der Waals surface area contributed by atoms with E-state index >= 15 is 0 Å². The molecule has 0 aromatic carbocycles. The number of likely N-dealkylation sites (N-methyl/N-ethyl adjacent to an activating group) is 1. The minimum Gasteiger partial charge on any atom is -0.472 e. The third-order valence-electron chi connectivity index (χ3n) is 6.62. The van der Waals surface area contributed by atoms with Gasteiger partial charge in [0.1, 0.15) is 17.4 Å². The molecule has 34 heavy (non-hydrogen) atoms. The van der Waals surface area contributed by atoms with Crippen molar-refractivity contribution in [3.05, 3.63) is 59.6 Å². The van der Waals surface area contributed by atoms with Crippen LogP contribution in [-0.2, 0) is 0 Å². The molecule has 3 heterocycles. The molecule has 0 saturated carbocycles. The Morgan fingerprint density at radius 2 is 2.18 bits per heavy atom. The summed E-state index contributed by atoms with van der Waals surface area (Å²) in [5, 5.41) is 9.83. The summed E-state index contributed by atoms with van der Waals surface area (Å²) in [5.74, 6) is -0.249. The van der Waals surface area contributed by atoms with Crippen molar-refractivity contribution < 1.29 is 19.4 Å². The number of allylic oxidation sites excluding steroid dienone is 2. The molecule has 1 N–H and O–H groups in total. The van der Waals surface area contributed by atoms with Crippen LogP contribution in [0.3, 0.4) is 0 Å². The average molecular weight is 465 g/mol. The van der Waals surface area contributed by atoms with Crippen LogP contribution in [0.2, 0.25) is 0 Å². The molecule has 0 fully saturated rings. The molecule has 2 aromatic heterocycles. The van der Waals surface area contributed by atoms with E-state index in [2.05, 4.69) is 16.0 Å². The number of pyridine rings is 2. The summed E-state index contributed by atoms with van der Waals surface area (Å²) in [5.41, 5.74) is 2.87. The van der Waals surface area contributed by atoms with Crippen LogP contribution >= 0.6 is 0 Å². The van der Waals surface area contributed by atoms with Gasteiger partial charge in [0.2, 0.25) is 5.88 Å². The summed E-state index contributed by atoms with van der Waals surface area (Å²) in [6.07, 6.45) is 8.23. The predicted octanol–water partition coefficient (Wildman–Crippen LogP) is 3.04. The summed E-state index contributed by atoms with van der Waals surface area (Å²) in [6.45, 7) is 4.37. The summed E-state index contributed by atoms with van der Waals surface area (Å²) in [4.78, 5) is 38.4. The van der Waals surface area contributed by atoms with Crippen molar-refractivity contribution in [3.63, 3.8) is 0 Å². The van der Waals surface area contributed by atoms with Crippen LogP contribution in [0.5, 0.6) is 5.88 Å². The topological polar surface area (TPSA) is 95.9 Å². The third kappa shape index (κ3) is 4.97. The predicted molar refractivity (Wildman–Crippen MR) is 128 cm³/mol. The number of hydrogen-bond donors (Lipinski definition) is 1. The normalized spacial score (nSPS) is 21.1. The Morgan fingerprint density at radius 3 is 2.85 bits per heavy atom. The van der Waals surface area contributed by atoms with Gasteiger partial charge in [0.15, 0.2) is 0 Å². The van der Waals surface area contributed by atoms with Crippen molar-refractivity contribution in [3.8, 4) is 5.88 Å². The zero-order valence-corrected chi connectivity index (χ0v) is 20.0. The molecular weight excluding hydrogens is 432 g/mol. The van der Waals surface area contributed by atoms with Gasteiger partial charge in [-0.1, -0.05) is 19.1 Å². The van der Waals surface area contributed by atoms with E-state index in [9.17, 15) is 14.7 Å². The molecule has 2 aliphatic rings. The van der Waals surface area contributed by atoms with E-state index in [1.807, 2.05) is 19.9 Å². The minimum atomic E-state index is -0.401. The van der Waals surface area contributed by atoms with Crippen molar-refractivity contribution in [1.29, 1.82) is 0 Å². The monoisotopic (exact) mass is 464 g/mol. The zero-order valence-electron chi connectivity index (χ0n) is 20.0. The third-order valence-corrected chi connectivity index (χ3v) is 6.62. The van der Waals surface area contributed by atoms with E-state index in [4.69, 9.17) is 4.74 Å². The second-order valence-electron chi connectivity index (χ2n) is 9.22. The summed E-state index contributed by atoms with van der Waals surface area (Å²) < 4.78 is 6.30. The number of nitrogens with zero attached hydrogens (tertiary/aromatic N) is 4. The van der Waals surface area contributed by atoms with E-state index in [-0.39, 0.29) is 36.3 Å². The minimum absolute atomic E-state index is 0.107. The highest BCUT2D eigenvalue weighted by molar-refractivity contribution is 5.97. The number of ether oxygens (including phenoxy) is 1.